The molecule has 0 bridgehead atoms. The zero-order valence-corrected chi connectivity index (χ0v) is 18.4. The summed E-state index contributed by atoms with van der Waals surface area (Å²) in [6.07, 6.45) is -6.56. The van der Waals surface area contributed by atoms with Crippen molar-refractivity contribution in [3.05, 3.63) is 58.6 Å². The van der Waals surface area contributed by atoms with Gasteiger partial charge < -0.3 is 31.1 Å². The number of nitrogens with one attached hydrogen (secondary N) is 1. The van der Waals surface area contributed by atoms with Crippen molar-refractivity contribution >= 4 is 19.7 Å². The Balaban J connectivity index is 1.45. The molecule has 2 aliphatic heterocycles. The average Bonchev–Trinajstić information content (AvgIpc) is 3.08. The number of nitrogens with two attached hydrogens (primary N) is 1. The number of phosphoric ester groups is 1. The molecule has 34 heavy (non-hydrogen) atoms. The van der Waals surface area contributed by atoms with Crippen LogP contribution in [0, 0.1) is 0 Å². The van der Waals surface area contributed by atoms with Gasteiger partial charge >= 0.3 is 19.6 Å². The molecule has 7 atom stereocenters. The third kappa shape index (κ3) is 5.13. The van der Waals surface area contributed by atoms with Gasteiger partial charge in [-0.15, -0.1) is 0 Å². The second-order valence-corrected chi connectivity index (χ2v) is 9.24. The fourth-order valence-electron chi connectivity index (χ4n) is 3.66. The minimum absolute atomic E-state index is 0.0254. The van der Waals surface area contributed by atoms with Crippen molar-refractivity contribution in [3.8, 4) is 0 Å². The number of carbonyl (C=O) groups is 1. The monoisotopic (exact) mass is 498 g/mol. The van der Waals surface area contributed by atoms with E-state index in [-0.39, 0.29) is 12.4 Å². The second-order valence-electron chi connectivity index (χ2n) is 7.62. The van der Waals surface area contributed by atoms with Crippen LogP contribution in [0.25, 0.3) is 0 Å². The van der Waals surface area contributed by atoms with Crippen LogP contribution < -0.4 is 16.7 Å². The van der Waals surface area contributed by atoms with Crippen LogP contribution in [0.4, 0.5) is 10.6 Å². The van der Waals surface area contributed by atoms with Crippen molar-refractivity contribution in [2.75, 3.05) is 18.9 Å². The summed E-state index contributed by atoms with van der Waals surface area (Å²) < 4.78 is 35.7. The molecule has 6 N–H and O–H groups in total. The maximum absolute atomic E-state index is 13.1. The van der Waals surface area contributed by atoms with Gasteiger partial charge in [0.25, 0.3) is 0 Å². The highest BCUT2D eigenvalue weighted by Gasteiger charge is 2.47. The van der Waals surface area contributed by atoms with Crippen molar-refractivity contribution in [1.29, 1.82) is 0 Å². The molecule has 2 fully saturated rings. The Labute approximate surface area is 192 Å². The molecule has 0 spiro atoms. The Kier molecular flexibility index (Phi) is 7.00. The molecular formula is C19H23N4O10P. The number of aliphatic hydroxyl groups excluding tert-OH is 2. The first kappa shape index (κ1) is 24.3. The molecule has 1 amide bonds. The number of benzene rings is 1. The Hall–Kier alpha value is -2.84. The lowest BCUT2D eigenvalue weighted by Crippen LogP contribution is -2.45. The van der Waals surface area contributed by atoms with Crippen molar-refractivity contribution in [1.82, 2.24) is 14.9 Å². The molecule has 2 aromatic rings. The Morgan fingerprint density at radius 3 is 2.68 bits per heavy atom. The van der Waals surface area contributed by atoms with Crippen molar-refractivity contribution < 1.29 is 43.0 Å². The van der Waals surface area contributed by atoms with E-state index in [4.69, 9.17) is 29.1 Å². The molecule has 2 aliphatic rings. The average molecular weight is 498 g/mol. The maximum Gasteiger partial charge on any atom is 0.475 e. The van der Waals surface area contributed by atoms with Crippen LogP contribution in [0.1, 0.15) is 17.9 Å². The van der Waals surface area contributed by atoms with Crippen molar-refractivity contribution in [3.63, 3.8) is 0 Å². The lowest BCUT2D eigenvalue weighted by atomic mass is 10.0. The summed E-state index contributed by atoms with van der Waals surface area (Å²) in [6.45, 7) is -0.837. The van der Waals surface area contributed by atoms with Crippen LogP contribution in [-0.4, -0.2) is 68.5 Å². The number of carboxylic acid groups (broad SMARTS) is 1. The quantitative estimate of drug-likeness (QED) is 0.334. The van der Waals surface area contributed by atoms with E-state index in [9.17, 15) is 24.4 Å². The lowest BCUT2D eigenvalue weighted by molar-refractivity contribution is -0.0633. The standard InChI is InChI=1S/C19H23N4O10P/c20-13-6-7-23(18(26)22-13)17-15(25)14(24)12(32-17)9-31-34(29)30-8-11(21-19(27)28)16(33-34)10-4-2-1-3-5-10/h1-7,11-12,14-17,21,24-25H,8-9H2,(H,27,28)(H2,20,22,26)/t11-,12?,14?,15?,16+,17?,34?/m0/s1. The van der Waals surface area contributed by atoms with E-state index in [1.165, 1.54) is 12.3 Å². The van der Waals surface area contributed by atoms with Crippen LogP contribution in [0.15, 0.2) is 47.4 Å². The molecule has 5 unspecified atom stereocenters. The highest BCUT2D eigenvalue weighted by Crippen LogP contribution is 2.57. The van der Waals surface area contributed by atoms with Crippen molar-refractivity contribution in [2.45, 2.75) is 36.7 Å². The SMILES string of the molecule is Nc1ccn(C2OC(COP3(=O)OC[C@H](NC(=O)O)[C@@H](c4ccccc4)O3)C(O)C2O)c(=O)n1. The summed E-state index contributed by atoms with van der Waals surface area (Å²) in [7, 11) is -4.23. The van der Waals surface area contributed by atoms with Crippen LogP contribution in [0.5, 0.6) is 0 Å². The van der Waals surface area contributed by atoms with E-state index in [0.29, 0.717) is 5.56 Å². The van der Waals surface area contributed by atoms with Crippen LogP contribution in [0.2, 0.25) is 0 Å². The summed E-state index contributed by atoms with van der Waals surface area (Å²) in [4.78, 5) is 26.7. The number of nitrogen functional groups attached to an aromatic ring is 1. The van der Waals surface area contributed by atoms with Gasteiger partial charge in [-0.05, 0) is 11.6 Å². The van der Waals surface area contributed by atoms with Gasteiger partial charge in [0, 0.05) is 6.20 Å². The van der Waals surface area contributed by atoms with E-state index < -0.39 is 62.9 Å². The first-order valence-electron chi connectivity index (χ1n) is 10.1. The van der Waals surface area contributed by atoms with E-state index in [0.717, 1.165) is 4.57 Å². The molecule has 1 aromatic carbocycles. The summed E-state index contributed by atoms with van der Waals surface area (Å²) in [6, 6.07) is 8.95. The van der Waals surface area contributed by atoms with Gasteiger partial charge in [0.05, 0.1) is 19.3 Å². The predicted molar refractivity (Wildman–Crippen MR) is 114 cm³/mol. The minimum Gasteiger partial charge on any atom is -0.465 e. The number of rotatable bonds is 6. The number of hydrogen-bond acceptors (Lipinski definition) is 11. The summed E-state index contributed by atoms with van der Waals surface area (Å²) in [5, 5.41) is 32.0. The van der Waals surface area contributed by atoms with Gasteiger partial charge in [-0.25, -0.2) is 14.2 Å². The minimum atomic E-state index is -4.23. The highest BCUT2D eigenvalue weighted by molar-refractivity contribution is 7.48. The molecule has 1 aromatic heterocycles. The molecule has 2 saturated heterocycles. The number of aromatic nitrogens is 2. The van der Waals surface area contributed by atoms with Gasteiger partial charge in [-0.3, -0.25) is 18.1 Å². The number of nitrogens with zero attached hydrogens (tertiary/aromatic N) is 2. The molecule has 4 rings (SSSR count). The third-order valence-electron chi connectivity index (χ3n) is 5.32. The molecule has 14 nitrogen and oxygen atoms in total. The normalized spacial score (nSPS) is 33.5. The molecule has 184 valence electrons. The molecule has 3 heterocycles. The van der Waals surface area contributed by atoms with Gasteiger partial charge in [0.1, 0.15) is 30.2 Å². The predicted octanol–water partition coefficient (Wildman–Crippen LogP) is -0.00630. The molecule has 15 heteroatoms. The van der Waals surface area contributed by atoms with E-state index >= 15 is 0 Å². The largest absolute Gasteiger partial charge is 0.475 e. The van der Waals surface area contributed by atoms with Gasteiger partial charge in [-0.1, -0.05) is 30.3 Å². The summed E-state index contributed by atoms with van der Waals surface area (Å²) in [5.41, 5.74) is 5.20. The topological polar surface area (TPSA) is 205 Å². The summed E-state index contributed by atoms with van der Waals surface area (Å²) in [5.74, 6) is -0.0254. The zero-order chi connectivity index (χ0) is 24.5. The molecule has 0 aliphatic carbocycles. The second kappa shape index (κ2) is 9.80. The van der Waals surface area contributed by atoms with Crippen molar-refractivity contribution in [2.24, 2.45) is 0 Å². The number of amides is 1. The Bertz CT molecular complexity index is 1130. The van der Waals surface area contributed by atoms with E-state index in [1.54, 1.807) is 30.3 Å². The Morgan fingerprint density at radius 1 is 1.26 bits per heavy atom. The van der Waals surface area contributed by atoms with Gasteiger partial charge in [0.2, 0.25) is 0 Å². The van der Waals surface area contributed by atoms with Crippen LogP contribution >= 0.6 is 7.82 Å². The Morgan fingerprint density at radius 2 is 2.00 bits per heavy atom. The zero-order valence-electron chi connectivity index (χ0n) is 17.5. The van der Waals surface area contributed by atoms with E-state index in [2.05, 4.69) is 10.3 Å². The third-order valence-corrected chi connectivity index (χ3v) is 6.73. The van der Waals surface area contributed by atoms with Gasteiger partial charge in [-0.2, -0.15) is 4.98 Å². The first-order chi connectivity index (χ1) is 16.2. The fourth-order valence-corrected chi connectivity index (χ4v) is 5.08. The summed E-state index contributed by atoms with van der Waals surface area (Å²) >= 11 is 0. The maximum atomic E-state index is 13.1. The molecule has 0 radical (unpaired) electrons. The highest BCUT2D eigenvalue weighted by atomic mass is 31.2. The lowest BCUT2D eigenvalue weighted by Gasteiger charge is -2.35. The first-order valence-corrected chi connectivity index (χ1v) is 11.6. The number of phosphoric acid groups is 1. The van der Waals surface area contributed by atoms with E-state index in [1.807, 2.05) is 0 Å². The number of hydrogen-bond donors (Lipinski definition) is 5. The number of anilines is 1. The van der Waals surface area contributed by atoms with Gasteiger partial charge in [0.15, 0.2) is 6.23 Å². The smallest absolute Gasteiger partial charge is 0.465 e. The molecular weight excluding hydrogens is 475 g/mol. The van der Waals surface area contributed by atoms with Crippen LogP contribution in [0.3, 0.4) is 0 Å². The number of aliphatic hydroxyl groups is 2. The fraction of sp³-hybridized carbons (Fsp3) is 0.421. The number of ether oxygens (including phenoxy) is 1. The molecule has 0 saturated carbocycles. The van der Waals surface area contributed by atoms with Crippen LogP contribution in [-0.2, 0) is 22.9 Å².